The minimum absolute atomic E-state index is 0.132. The van der Waals surface area contributed by atoms with Gasteiger partial charge in [-0.1, -0.05) is 36.8 Å². The summed E-state index contributed by atoms with van der Waals surface area (Å²) in [5.41, 5.74) is 6.41. The summed E-state index contributed by atoms with van der Waals surface area (Å²) in [6.07, 6.45) is 0.949. The number of anilines is 5. The molecule has 0 fully saturated rings. The summed E-state index contributed by atoms with van der Waals surface area (Å²) in [5, 5.41) is 9.47. The van der Waals surface area contributed by atoms with Gasteiger partial charge in [-0.15, -0.1) is 0 Å². The lowest BCUT2D eigenvalue weighted by atomic mass is 10.1. The second kappa shape index (κ2) is 9.96. The Balaban J connectivity index is 1.41. The van der Waals surface area contributed by atoms with Crippen LogP contribution in [0.25, 0.3) is 0 Å². The molecule has 0 spiro atoms. The first-order chi connectivity index (χ1) is 16.0. The summed E-state index contributed by atoms with van der Waals surface area (Å²) in [5.74, 6) is 1.08. The monoisotopic (exact) mass is 437 g/mol. The second-order valence-corrected chi connectivity index (χ2v) is 7.92. The molecule has 1 heterocycles. The number of hydrogen-bond acceptors (Lipinski definition) is 5. The molecule has 3 aromatic carbocycles. The topological polar surface area (TPSA) is 78.9 Å². The fourth-order valence-electron chi connectivity index (χ4n) is 3.33. The molecule has 6 heteroatoms. The first-order valence-electron chi connectivity index (χ1n) is 11.0. The summed E-state index contributed by atoms with van der Waals surface area (Å²) < 4.78 is 0. The molecule has 3 N–H and O–H groups in total. The van der Waals surface area contributed by atoms with Crippen LogP contribution in [-0.2, 0) is 6.42 Å². The summed E-state index contributed by atoms with van der Waals surface area (Å²) in [4.78, 5) is 21.5. The molecular formula is C27H27N5O. The van der Waals surface area contributed by atoms with Crippen LogP contribution in [0, 0.1) is 13.8 Å². The van der Waals surface area contributed by atoms with Gasteiger partial charge in [0.1, 0.15) is 5.82 Å². The Labute approximate surface area is 194 Å². The predicted molar refractivity (Wildman–Crippen MR) is 135 cm³/mol. The highest BCUT2D eigenvalue weighted by Gasteiger charge is 2.07. The third kappa shape index (κ3) is 5.95. The van der Waals surface area contributed by atoms with Crippen LogP contribution < -0.4 is 16.0 Å². The van der Waals surface area contributed by atoms with Gasteiger partial charge >= 0.3 is 0 Å². The lowest BCUT2D eigenvalue weighted by molar-refractivity contribution is 0.102. The predicted octanol–water partition coefficient (Wildman–Crippen LogP) is 6.40. The maximum Gasteiger partial charge on any atom is 0.255 e. The number of amides is 1. The van der Waals surface area contributed by atoms with Crippen LogP contribution in [0.3, 0.4) is 0 Å². The molecule has 6 nitrogen and oxygen atoms in total. The number of aromatic nitrogens is 2. The number of aryl methyl sites for hydroxylation is 3. The highest BCUT2D eigenvalue weighted by atomic mass is 16.1. The number of benzene rings is 3. The van der Waals surface area contributed by atoms with Crippen LogP contribution in [0.5, 0.6) is 0 Å². The van der Waals surface area contributed by atoms with E-state index in [0.29, 0.717) is 17.3 Å². The molecule has 1 aromatic heterocycles. The third-order valence-electron chi connectivity index (χ3n) is 5.20. The molecule has 0 atom stereocenters. The van der Waals surface area contributed by atoms with E-state index in [9.17, 15) is 4.79 Å². The van der Waals surface area contributed by atoms with Crippen molar-refractivity contribution in [3.05, 3.63) is 101 Å². The average molecular weight is 438 g/mol. The second-order valence-electron chi connectivity index (χ2n) is 7.92. The molecule has 0 aliphatic heterocycles. The van der Waals surface area contributed by atoms with Crippen LogP contribution in [0.1, 0.15) is 34.1 Å². The van der Waals surface area contributed by atoms with E-state index < -0.39 is 0 Å². The number of nitrogens with zero attached hydrogens (tertiary/aromatic N) is 2. The Kier molecular flexibility index (Phi) is 6.64. The number of rotatable bonds is 7. The van der Waals surface area contributed by atoms with Gasteiger partial charge in [0.25, 0.3) is 5.91 Å². The third-order valence-corrected chi connectivity index (χ3v) is 5.20. The summed E-state index contributed by atoms with van der Waals surface area (Å²) in [7, 11) is 0. The van der Waals surface area contributed by atoms with Gasteiger partial charge in [0.15, 0.2) is 0 Å². The molecule has 0 unspecified atom stereocenters. The van der Waals surface area contributed by atoms with Crippen molar-refractivity contribution in [2.75, 3.05) is 16.0 Å². The average Bonchev–Trinajstić information content (AvgIpc) is 2.81. The fourth-order valence-corrected chi connectivity index (χ4v) is 3.33. The van der Waals surface area contributed by atoms with E-state index in [1.165, 1.54) is 11.1 Å². The Morgan fingerprint density at radius 3 is 2.03 bits per heavy atom. The maximum atomic E-state index is 12.5. The van der Waals surface area contributed by atoms with E-state index in [4.69, 9.17) is 0 Å². The van der Waals surface area contributed by atoms with Gasteiger partial charge in [0.2, 0.25) is 5.95 Å². The molecule has 0 saturated heterocycles. The van der Waals surface area contributed by atoms with Gasteiger partial charge in [-0.2, -0.15) is 4.98 Å². The Hall–Kier alpha value is -4.19. The van der Waals surface area contributed by atoms with E-state index in [2.05, 4.69) is 51.9 Å². The Morgan fingerprint density at radius 2 is 1.36 bits per heavy atom. The fraction of sp³-hybridized carbons (Fsp3) is 0.148. The van der Waals surface area contributed by atoms with Crippen LogP contribution in [0.2, 0.25) is 0 Å². The molecular weight excluding hydrogens is 410 g/mol. The smallest absolute Gasteiger partial charge is 0.255 e. The molecule has 0 aliphatic carbocycles. The van der Waals surface area contributed by atoms with Gasteiger partial charge in [-0.3, -0.25) is 4.79 Å². The van der Waals surface area contributed by atoms with Gasteiger partial charge < -0.3 is 16.0 Å². The summed E-state index contributed by atoms with van der Waals surface area (Å²) >= 11 is 0. The van der Waals surface area contributed by atoms with Crippen LogP contribution in [-0.4, -0.2) is 15.9 Å². The van der Waals surface area contributed by atoms with E-state index in [-0.39, 0.29) is 5.91 Å². The zero-order valence-corrected chi connectivity index (χ0v) is 19.0. The van der Waals surface area contributed by atoms with Crippen molar-refractivity contribution in [2.24, 2.45) is 0 Å². The van der Waals surface area contributed by atoms with E-state index in [1.807, 2.05) is 73.7 Å². The van der Waals surface area contributed by atoms with Gasteiger partial charge in [-0.05, 0) is 74.4 Å². The normalized spacial score (nSPS) is 10.5. The van der Waals surface area contributed by atoms with Gasteiger partial charge in [-0.25, -0.2) is 4.98 Å². The van der Waals surface area contributed by atoms with Gasteiger partial charge in [0.05, 0.1) is 0 Å². The highest BCUT2D eigenvalue weighted by molar-refractivity contribution is 6.04. The van der Waals surface area contributed by atoms with Crippen molar-refractivity contribution in [1.29, 1.82) is 0 Å². The Bertz CT molecular complexity index is 1230. The van der Waals surface area contributed by atoms with E-state index in [0.717, 1.165) is 29.2 Å². The highest BCUT2D eigenvalue weighted by Crippen LogP contribution is 2.21. The zero-order chi connectivity index (χ0) is 23.2. The number of carbonyl (C=O) groups excluding carboxylic acids is 1. The minimum Gasteiger partial charge on any atom is -0.340 e. The minimum atomic E-state index is -0.132. The zero-order valence-electron chi connectivity index (χ0n) is 19.0. The van der Waals surface area contributed by atoms with Crippen molar-refractivity contribution in [2.45, 2.75) is 27.2 Å². The van der Waals surface area contributed by atoms with Crippen LogP contribution >= 0.6 is 0 Å². The summed E-state index contributed by atoms with van der Waals surface area (Å²) in [6, 6.07) is 25.2. The number of hydrogen-bond donors (Lipinski definition) is 3. The first-order valence-corrected chi connectivity index (χ1v) is 11.0. The van der Waals surface area contributed by atoms with Crippen molar-refractivity contribution >= 4 is 34.7 Å². The van der Waals surface area contributed by atoms with Crippen molar-refractivity contribution in [3.8, 4) is 0 Å². The number of nitrogens with one attached hydrogen (secondary N) is 3. The quantitative estimate of drug-likeness (QED) is 0.312. The maximum absolute atomic E-state index is 12.5. The lowest BCUT2D eigenvalue weighted by Gasteiger charge is -2.11. The molecule has 0 radical (unpaired) electrons. The first kappa shape index (κ1) is 22.0. The van der Waals surface area contributed by atoms with Crippen molar-refractivity contribution < 1.29 is 4.79 Å². The molecule has 4 rings (SSSR count). The van der Waals surface area contributed by atoms with E-state index in [1.54, 1.807) is 0 Å². The standard InChI is InChI=1S/C27H27N5O/c1-4-20-7-9-21(10-8-20)26(33)30-23-13-15-24(16-14-23)31-27-28-19(3)17-25(32-27)29-22-11-5-18(2)6-12-22/h5-17H,4H2,1-3H3,(H,30,33)(H2,28,29,31,32). The summed E-state index contributed by atoms with van der Waals surface area (Å²) in [6.45, 7) is 6.08. The molecule has 0 aliphatic rings. The van der Waals surface area contributed by atoms with Crippen LogP contribution in [0.4, 0.5) is 28.8 Å². The van der Waals surface area contributed by atoms with Crippen LogP contribution in [0.15, 0.2) is 78.9 Å². The lowest BCUT2D eigenvalue weighted by Crippen LogP contribution is -2.11. The molecule has 0 bridgehead atoms. The van der Waals surface area contributed by atoms with E-state index >= 15 is 0 Å². The SMILES string of the molecule is CCc1ccc(C(=O)Nc2ccc(Nc3nc(C)cc(Nc4ccc(C)cc4)n3)cc2)cc1. The van der Waals surface area contributed by atoms with Crippen molar-refractivity contribution in [1.82, 2.24) is 9.97 Å². The molecule has 0 saturated carbocycles. The Morgan fingerprint density at radius 1 is 0.758 bits per heavy atom. The molecule has 33 heavy (non-hydrogen) atoms. The molecule has 1 amide bonds. The molecule has 166 valence electrons. The largest absolute Gasteiger partial charge is 0.340 e. The molecule has 4 aromatic rings. The van der Waals surface area contributed by atoms with Gasteiger partial charge in [0, 0.05) is 34.4 Å². The van der Waals surface area contributed by atoms with Crippen molar-refractivity contribution in [3.63, 3.8) is 0 Å². The number of carbonyl (C=O) groups is 1.